The second kappa shape index (κ2) is 4.35. The first-order chi connectivity index (χ1) is 9.44. The van der Waals surface area contributed by atoms with Crippen LogP contribution in [0.5, 0.6) is 0 Å². The van der Waals surface area contributed by atoms with Gasteiger partial charge in [0.15, 0.2) is 0 Å². The summed E-state index contributed by atoms with van der Waals surface area (Å²) in [6.45, 7) is 3.34. The third kappa shape index (κ3) is 2.26. The van der Waals surface area contributed by atoms with Gasteiger partial charge >= 0.3 is 5.63 Å². The van der Waals surface area contributed by atoms with Crippen LogP contribution in [0, 0.1) is 0 Å². The van der Waals surface area contributed by atoms with Crippen molar-refractivity contribution in [3.05, 3.63) is 52.6 Å². The van der Waals surface area contributed by atoms with Gasteiger partial charge in [0.05, 0.1) is 17.4 Å². The van der Waals surface area contributed by atoms with Gasteiger partial charge in [-0.3, -0.25) is 0 Å². The normalized spacial score (nSPS) is 12.8. The Morgan fingerprint density at radius 2 is 1.90 bits per heavy atom. The van der Waals surface area contributed by atoms with Crippen LogP contribution in [0.4, 0.5) is 0 Å². The Bertz CT molecular complexity index is 859. The number of hydrogen-bond donors (Lipinski definition) is 1. The Morgan fingerprint density at radius 1 is 1.15 bits per heavy atom. The number of fused-ring (bicyclic) bond motifs is 2. The molecule has 0 aliphatic heterocycles. The maximum absolute atomic E-state index is 11.4. The molecule has 0 aliphatic carbocycles. The summed E-state index contributed by atoms with van der Waals surface area (Å²) < 4.78 is 10.8. The zero-order valence-electron chi connectivity index (χ0n) is 11.2. The Balaban J connectivity index is 2.38. The first-order valence-electron chi connectivity index (χ1n) is 6.30. The highest BCUT2D eigenvalue weighted by molar-refractivity contribution is 6.01. The summed E-state index contributed by atoms with van der Waals surface area (Å²) in [6, 6.07) is 6.85. The van der Waals surface area contributed by atoms with Crippen molar-refractivity contribution in [2.45, 2.75) is 19.4 Å². The maximum atomic E-state index is 11.4. The lowest BCUT2D eigenvalue weighted by Crippen LogP contribution is -2.13. The van der Waals surface area contributed by atoms with Crippen LogP contribution < -0.4 is 5.63 Å². The molecule has 4 nitrogen and oxygen atoms in total. The molecular weight excluding hydrogens is 256 g/mol. The lowest BCUT2D eigenvalue weighted by molar-refractivity contribution is 0.134. The fraction of sp³-hybridized carbons (Fsp3) is 0.188. The molecule has 0 saturated carbocycles. The highest BCUT2D eigenvalue weighted by Gasteiger charge is 2.13. The van der Waals surface area contributed by atoms with Crippen molar-refractivity contribution in [2.75, 3.05) is 0 Å². The van der Waals surface area contributed by atoms with E-state index in [1.54, 1.807) is 38.3 Å². The minimum absolute atomic E-state index is 0.415. The molecule has 0 unspecified atom stereocenters. The molecule has 3 aromatic rings. The van der Waals surface area contributed by atoms with E-state index in [-0.39, 0.29) is 0 Å². The summed E-state index contributed by atoms with van der Waals surface area (Å²) in [4.78, 5) is 11.4. The van der Waals surface area contributed by atoms with Gasteiger partial charge in [0.1, 0.15) is 11.2 Å². The molecule has 0 amide bonds. The van der Waals surface area contributed by atoms with E-state index < -0.39 is 11.2 Å². The summed E-state index contributed by atoms with van der Waals surface area (Å²) in [5.41, 5.74) is 0.368. The Kier molecular flexibility index (Phi) is 2.76. The minimum Gasteiger partial charge on any atom is -0.464 e. The SMILES string of the molecule is CC(C)(O)/C=C/c1c2occc2cc2ccc(=O)oc12. The maximum Gasteiger partial charge on any atom is 0.336 e. The fourth-order valence-corrected chi connectivity index (χ4v) is 2.11. The molecule has 1 N–H and O–H groups in total. The van der Waals surface area contributed by atoms with Crippen molar-refractivity contribution in [1.29, 1.82) is 0 Å². The second-order valence-electron chi connectivity index (χ2n) is 5.29. The van der Waals surface area contributed by atoms with Crippen LogP contribution in [0.1, 0.15) is 19.4 Å². The number of furan rings is 1. The van der Waals surface area contributed by atoms with E-state index in [0.717, 1.165) is 10.8 Å². The van der Waals surface area contributed by atoms with Crippen molar-refractivity contribution in [3.63, 3.8) is 0 Å². The molecule has 0 fully saturated rings. The molecule has 0 saturated heterocycles. The molecule has 0 aliphatic rings. The zero-order chi connectivity index (χ0) is 14.3. The second-order valence-corrected chi connectivity index (χ2v) is 5.29. The Labute approximate surface area is 114 Å². The van der Waals surface area contributed by atoms with Crippen molar-refractivity contribution in [2.24, 2.45) is 0 Å². The van der Waals surface area contributed by atoms with Crippen molar-refractivity contribution in [1.82, 2.24) is 0 Å². The molecule has 2 heterocycles. The quantitative estimate of drug-likeness (QED) is 0.725. The predicted molar refractivity (Wildman–Crippen MR) is 77.6 cm³/mol. The molecule has 0 bridgehead atoms. The van der Waals surface area contributed by atoms with Crippen LogP contribution >= 0.6 is 0 Å². The van der Waals surface area contributed by atoms with Gasteiger partial charge in [-0.2, -0.15) is 0 Å². The van der Waals surface area contributed by atoms with Crippen molar-refractivity contribution >= 4 is 28.0 Å². The monoisotopic (exact) mass is 270 g/mol. The number of benzene rings is 1. The third-order valence-electron chi connectivity index (χ3n) is 3.02. The smallest absolute Gasteiger partial charge is 0.336 e. The van der Waals surface area contributed by atoms with Gasteiger partial charge in [-0.1, -0.05) is 6.08 Å². The van der Waals surface area contributed by atoms with E-state index >= 15 is 0 Å². The molecule has 102 valence electrons. The van der Waals surface area contributed by atoms with Crippen LogP contribution in [0.25, 0.3) is 28.0 Å². The number of aliphatic hydroxyl groups is 1. The van der Waals surface area contributed by atoms with E-state index in [1.165, 1.54) is 6.07 Å². The fourth-order valence-electron chi connectivity index (χ4n) is 2.11. The average Bonchev–Trinajstić information content (AvgIpc) is 2.81. The minimum atomic E-state index is -0.962. The topological polar surface area (TPSA) is 63.6 Å². The van der Waals surface area contributed by atoms with Gasteiger partial charge < -0.3 is 13.9 Å². The van der Waals surface area contributed by atoms with Gasteiger partial charge in [-0.25, -0.2) is 4.79 Å². The standard InChI is InChI=1S/C16H14O4/c1-16(2,18)7-5-12-14-11(6-8-19-14)9-10-3-4-13(17)20-15(10)12/h3-9,18H,1-2H3/b7-5+. The summed E-state index contributed by atoms with van der Waals surface area (Å²) in [5, 5.41) is 11.6. The van der Waals surface area contributed by atoms with Crippen LogP contribution in [-0.4, -0.2) is 10.7 Å². The van der Waals surface area contributed by atoms with E-state index in [2.05, 4.69) is 0 Å². The average molecular weight is 270 g/mol. The lowest BCUT2D eigenvalue weighted by atomic mass is 10.0. The molecule has 0 atom stereocenters. The summed E-state index contributed by atoms with van der Waals surface area (Å²) in [5.74, 6) is 0. The summed E-state index contributed by atoms with van der Waals surface area (Å²) >= 11 is 0. The summed E-state index contributed by atoms with van der Waals surface area (Å²) in [6.07, 6.45) is 4.94. The first-order valence-corrected chi connectivity index (χ1v) is 6.30. The molecule has 2 aromatic heterocycles. The molecule has 0 radical (unpaired) electrons. The van der Waals surface area contributed by atoms with E-state index in [0.29, 0.717) is 16.7 Å². The zero-order valence-corrected chi connectivity index (χ0v) is 11.2. The van der Waals surface area contributed by atoms with Crippen LogP contribution in [0.2, 0.25) is 0 Å². The van der Waals surface area contributed by atoms with Gasteiger partial charge in [0, 0.05) is 16.8 Å². The highest BCUT2D eigenvalue weighted by Crippen LogP contribution is 2.30. The van der Waals surface area contributed by atoms with E-state index in [4.69, 9.17) is 8.83 Å². The first kappa shape index (κ1) is 12.7. The van der Waals surface area contributed by atoms with Crippen LogP contribution in [-0.2, 0) is 0 Å². The largest absolute Gasteiger partial charge is 0.464 e. The molecule has 1 aromatic carbocycles. The van der Waals surface area contributed by atoms with E-state index in [9.17, 15) is 9.90 Å². The van der Waals surface area contributed by atoms with Gasteiger partial charge in [0.25, 0.3) is 0 Å². The molecular formula is C16H14O4. The van der Waals surface area contributed by atoms with Crippen molar-refractivity contribution < 1.29 is 13.9 Å². The van der Waals surface area contributed by atoms with E-state index in [1.807, 2.05) is 12.1 Å². The lowest BCUT2D eigenvalue weighted by Gasteiger charge is -2.10. The molecule has 20 heavy (non-hydrogen) atoms. The summed E-state index contributed by atoms with van der Waals surface area (Å²) in [7, 11) is 0. The van der Waals surface area contributed by atoms with Gasteiger partial charge in [-0.15, -0.1) is 0 Å². The molecule has 4 heteroatoms. The van der Waals surface area contributed by atoms with Crippen molar-refractivity contribution in [3.8, 4) is 0 Å². The Hall–Kier alpha value is -2.33. The Morgan fingerprint density at radius 3 is 2.65 bits per heavy atom. The molecule has 0 spiro atoms. The highest BCUT2D eigenvalue weighted by atomic mass is 16.4. The van der Waals surface area contributed by atoms with Crippen LogP contribution in [0.3, 0.4) is 0 Å². The predicted octanol–water partition coefficient (Wildman–Crippen LogP) is 3.32. The number of hydrogen-bond acceptors (Lipinski definition) is 4. The van der Waals surface area contributed by atoms with Gasteiger partial charge in [0.2, 0.25) is 0 Å². The molecule has 3 rings (SSSR count). The van der Waals surface area contributed by atoms with Crippen LogP contribution in [0.15, 0.2) is 50.2 Å². The number of rotatable bonds is 2. The van der Waals surface area contributed by atoms with Gasteiger partial charge in [-0.05, 0) is 38.1 Å². The third-order valence-corrected chi connectivity index (χ3v) is 3.02.